The smallest absolute Gasteiger partial charge is 0.224 e. The summed E-state index contributed by atoms with van der Waals surface area (Å²) in [5, 5.41) is 13.6. The zero-order valence-corrected chi connectivity index (χ0v) is 20.8. The van der Waals surface area contributed by atoms with E-state index in [1.54, 1.807) is 10.9 Å². The molecule has 2 aromatic heterocycles. The van der Waals surface area contributed by atoms with Gasteiger partial charge in [0.05, 0.1) is 12.4 Å². The molecule has 4 N–H and O–H groups in total. The van der Waals surface area contributed by atoms with E-state index in [-0.39, 0.29) is 17.4 Å². The van der Waals surface area contributed by atoms with E-state index in [0.717, 1.165) is 18.7 Å². The molecular weight excluding hydrogens is 446 g/mol. The Kier molecular flexibility index (Phi) is 7.34. The summed E-state index contributed by atoms with van der Waals surface area (Å²) in [6.45, 7) is 7.89. The predicted molar refractivity (Wildman–Crippen MR) is 135 cm³/mol. The highest BCUT2D eigenvalue weighted by Gasteiger charge is 2.36. The van der Waals surface area contributed by atoms with E-state index >= 15 is 0 Å². The lowest BCUT2D eigenvalue weighted by Gasteiger charge is -2.21. The van der Waals surface area contributed by atoms with Crippen molar-refractivity contribution in [2.24, 2.45) is 0 Å². The number of likely N-dealkylation sites (N-methyl/N-ethyl adjacent to an activating group) is 1. The van der Waals surface area contributed by atoms with Gasteiger partial charge in [-0.15, -0.1) is 0 Å². The first-order chi connectivity index (χ1) is 16.6. The number of aromatic nitrogens is 4. The van der Waals surface area contributed by atoms with E-state index < -0.39 is 12.3 Å². The van der Waals surface area contributed by atoms with Crippen molar-refractivity contribution in [1.82, 2.24) is 24.4 Å². The minimum Gasteiger partial charge on any atom is -0.388 e. The second-order valence-electron chi connectivity index (χ2n) is 10.3. The molecule has 0 saturated carbocycles. The number of nitrogen functional groups attached to an aromatic ring is 1. The van der Waals surface area contributed by atoms with Gasteiger partial charge in [-0.2, -0.15) is 0 Å². The number of nitrogens with one attached hydrogen (secondary N) is 1. The molecule has 1 aliphatic heterocycles. The summed E-state index contributed by atoms with van der Waals surface area (Å²) in [5.74, 6) is 0.297. The van der Waals surface area contributed by atoms with Crippen molar-refractivity contribution in [2.45, 2.75) is 63.9 Å². The molecular formula is C25H35N7O3. The van der Waals surface area contributed by atoms with Crippen molar-refractivity contribution in [3.8, 4) is 0 Å². The number of aliphatic hydroxyl groups excluding tert-OH is 1. The molecule has 3 aromatic rings. The highest BCUT2D eigenvalue weighted by atomic mass is 16.5. The van der Waals surface area contributed by atoms with Crippen LogP contribution >= 0.6 is 0 Å². The SMILES string of the molecule is CN(CCCC(=O)Nc1ccc(C(C)(C)C)cc1)C[C@@H]1C[C@@H](O)[C@H](n2cnc3c(N)ncnc32)O1. The molecule has 0 aliphatic carbocycles. The Morgan fingerprint density at radius 1 is 1.26 bits per heavy atom. The number of benzene rings is 1. The largest absolute Gasteiger partial charge is 0.388 e. The predicted octanol–water partition coefficient (Wildman–Crippen LogP) is 2.71. The van der Waals surface area contributed by atoms with E-state index in [9.17, 15) is 9.90 Å². The topological polar surface area (TPSA) is 131 Å². The van der Waals surface area contributed by atoms with E-state index in [4.69, 9.17) is 10.5 Å². The summed E-state index contributed by atoms with van der Waals surface area (Å²) in [7, 11) is 1.99. The number of carbonyl (C=O) groups excluding carboxylic acids is 1. The molecule has 0 bridgehead atoms. The van der Waals surface area contributed by atoms with Gasteiger partial charge >= 0.3 is 0 Å². The number of rotatable bonds is 8. The third-order valence-electron chi connectivity index (χ3n) is 6.32. The van der Waals surface area contributed by atoms with Crippen molar-refractivity contribution in [3.63, 3.8) is 0 Å². The molecule has 35 heavy (non-hydrogen) atoms. The fraction of sp³-hybridized carbons (Fsp3) is 0.520. The van der Waals surface area contributed by atoms with Crippen LogP contribution in [0, 0.1) is 0 Å². The maximum atomic E-state index is 12.4. The highest BCUT2D eigenvalue weighted by Crippen LogP contribution is 2.32. The lowest BCUT2D eigenvalue weighted by atomic mass is 9.87. The average Bonchev–Trinajstić information content (AvgIpc) is 3.37. The van der Waals surface area contributed by atoms with Crippen LogP contribution in [0.15, 0.2) is 36.9 Å². The van der Waals surface area contributed by atoms with E-state index in [1.165, 1.54) is 11.9 Å². The van der Waals surface area contributed by atoms with Gasteiger partial charge in [-0.3, -0.25) is 9.36 Å². The van der Waals surface area contributed by atoms with Gasteiger partial charge in [0.1, 0.15) is 17.9 Å². The maximum absolute atomic E-state index is 12.4. The lowest BCUT2D eigenvalue weighted by Crippen LogP contribution is -2.30. The van der Waals surface area contributed by atoms with Gasteiger partial charge in [-0.25, -0.2) is 15.0 Å². The minimum absolute atomic E-state index is 0.00256. The Balaban J connectivity index is 1.22. The molecule has 0 unspecified atom stereocenters. The van der Waals surface area contributed by atoms with Crippen LogP contribution in [0.1, 0.15) is 51.8 Å². The zero-order chi connectivity index (χ0) is 25.2. The van der Waals surface area contributed by atoms with Crippen molar-refractivity contribution in [2.75, 3.05) is 31.2 Å². The molecule has 0 radical (unpaired) electrons. The third kappa shape index (κ3) is 5.95. The molecule has 3 atom stereocenters. The van der Waals surface area contributed by atoms with Crippen LogP contribution in [-0.2, 0) is 14.9 Å². The van der Waals surface area contributed by atoms with E-state index in [0.29, 0.717) is 36.4 Å². The molecule has 3 heterocycles. The van der Waals surface area contributed by atoms with Crippen LogP contribution in [-0.4, -0.2) is 67.8 Å². The molecule has 10 nitrogen and oxygen atoms in total. The molecule has 1 saturated heterocycles. The minimum atomic E-state index is -0.683. The van der Waals surface area contributed by atoms with Crippen LogP contribution in [0.5, 0.6) is 0 Å². The van der Waals surface area contributed by atoms with Crippen LogP contribution in [0.25, 0.3) is 11.2 Å². The molecule has 10 heteroatoms. The number of hydrogen-bond donors (Lipinski definition) is 3. The number of imidazole rings is 1. The van der Waals surface area contributed by atoms with Crippen LogP contribution in [0.4, 0.5) is 11.5 Å². The summed E-state index contributed by atoms with van der Waals surface area (Å²) >= 11 is 0. The van der Waals surface area contributed by atoms with Gasteiger partial charge in [-0.1, -0.05) is 32.9 Å². The van der Waals surface area contributed by atoms with Crippen molar-refractivity contribution >= 4 is 28.6 Å². The Morgan fingerprint density at radius 2 is 2.00 bits per heavy atom. The Bertz CT molecular complexity index is 1160. The monoisotopic (exact) mass is 481 g/mol. The quantitative estimate of drug-likeness (QED) is 0.448. The summed E-state index contributed by atoms with van der Waals surface area (Å²) in [4.78, 5) is 26.9. The van der Waals surface area contributed by atoms with Gasteiger partial charge in [0.25, 0.3) is 0 Å². The van der Waals surface area contributed by atoms with Gasteiger partial charge in [0.15, 0.2) is 17.7 Å². The fourth-order valence-electron chi connectivity index (χ4n) is 4.38. The van der Waals surface area contributed by atoms with Crippen molar-refractivity contribution < 1.29 is 14.6 Å². The van der Waals surface area contributed by atoms with Crippen LogP contribution in [0.3, 0.4) is 0 Å². The molecule has 1 aromatic carbocycles. The average molecular weight is 482 g/mol. The highest BCUT2D eigenvalue weighted by molar-refractivity contribution is 5.90. The van der Waals surface area contributed by atoms with E-state index in [1.807, 2.05) is 19.2 Å². The van der Waals surface area contributed by atoms with Crippen molar-refractivity contribution in [1.29, 1.82) is 0 Å². The van der Waals surface area contributed by atoms with Crippen molar-refractivity contribution in [3.05, 3.63) is 42.5 Å². The standard InChI is InChI=1S/C25H35N7O3/c1-25(2,3)16-7-9-17(10-8-16)30-20(34)6-5-11-31(4)13-18-12-19(33)24(35-18)32-15-29-21-22(26)27-14-28-23(21)32/h7-10,14-15,18-19,24,33H,5-6,11-13H2,1-4H3,(H,30,34)(H2,26,27,28)/t18-,19+,24+/m0/s1. The molecule has 1 aliphatic rings. The number of nitrogens with two attached hydrogens (primary N) is 1. The number of amides is 1. The Hall–Kier alpha value is -3.08. The zero-order valence-electron chi connectivity index (χ0n) is 20.8. The van der Waals surface area contributed by atoms with E-state index in [2.05, 4.69) is 58.1 Å². The second kappa shape index (κ2) is 10.3. The molecule has 1 amide bonds. The first-order valence-corrected chi connectivity index (χ1v) is 12.0. The van der Waals surface area contributed by atoms with Gasteiger partial charge in [0, 0.05) is 25.1 Å². The first-order valence-electron chi connectivity index (χ1n) is 12.0. The lowest BCUT2D eigenvalue weighted by molar-refractivity contribution is -0.116. The van der Waals surface area contributed by atoms with Gasteiger partial charge in [0.2, 0.25) is 5.91 Å². The van der Waals surface area contributed by atoms with Gasteiger partial charge in [-0.05, 0) is 43.1 Å². The number of ether oxygens (including phenoxy) is 1. The number of nitrogens with zero attached hydrogens (tertiary/aromatic N) is 5. The number of carbonyl (C=O) groups is 1. The number of hydrogen-bond acceptors (Lipinski definition) is 8. The normalized spacial score (nSPS) is 20.6. The Labute approximate surface area is 205 Å². The molecule has 0 spiro atoms. The van der Waals surface area contributed by atoms with Crippen LogP contribution in [0.2, 0.25) is 0 Å². The third-order valence-corrected chi connectivity index (χ3v) is 6.32. The number of anilines is 2. The maximum Gasteiger partial charge on any atom is 0.224 e. The van der Waals surface area contributed by atoms with Crippen LogP contribution < -0.4 is 11.1 Å². The fourth-order valence-corrected chi connectivity index (χ4v) is 4.38. The van der Waals surface area contributed by atoms with Gasteiger partial charge < -0.3 is 25.8 Å². The molecule has 1 fully saturated rings. The summed E-state index contributed by atoms with van der Waals surface area (Å²) in [6.07, 6.45) is 3.20. The Morgan fingerprint density at radius 3 is 2.71 bits per heavy atom. The second-order valence-corrected chi connectivity index (χ2v) is 10.3. The molecule has 188 valence electrons. The summed E-state index contributed by atoms with van der Waals surface area (Å²) in [6, 6.07) is 8.02. The molecule has 4 rings (SSSR count). The first kappa shape index (κ1) is 25.0. The number of aliphatic hydroxyl groups is 1. The number of fused-ring (bicyclic) bond motifs is 1. The summed E-state index contributed by atoms with van der Waals surface area (Å²) in [5.41, 5.74) is 9.03. The summed E-state index contributed by atoms with van der Waals surface area (Å²) < 4.78 is 7.83.